The van der Waals surface area contributed by atoms with Crippen LogP contribution in [-0.2, 0) is 9.84 Å². The third-order valence-electron chi connectivity index (χ3n) is 1.79. The predicted molar refractivity (Wildman–Crippen MR) is 53.5 cm³/mol. The van der Waals surface area contributed by atoms with E-state index in [-0.39, 0.29) is 17.2 Å². The first-order chi connectivity index (χ1) is 6.45. The van der Waals surface area contributed by atoms with Crippen LogP contribution in [0.5, 0.6) is 0 Å². The highest BCUT2D eigenvalue weighted by atomic mass is 32.2. The topological polar surface area (TPSA) is 78.2 Å². The number of hydrogen-bond donors (Lipinski definition) is 2. The minimum absolute atomic E-state index is 0.0741. The van der Waals surface area contributed by atoms with Crippen LogP contribution in [0.1, 0.15) is 5.56 Å². The van der Waals surface area contributed by atoms with E-state index in [0.29, 0.717) is 5.56 Å². The number of rotatable bonds is 3. The van der Waals surface area contributed by atoms with Crippen molar-refractivity contribution in [1.82, 2.24) is 0 Å². The number of hydrogen-bond acceptors (Lipinski definition) is 4. The first-order valence-electron chi connectivity index (χ1n) is 3.94. The average molecular weight is 213 g/mol. The Bertz CT molecular complexity index is 434. The molecule has 1 aromatic carbocycles. The van der Waals surface area contributed by atoms with Gasteiger partial charge in [-0.05, 0) is 17.7 Å². The minimum Gasteiger partial charge on any atom is -0.390 e. The molecule has 0 saturated heterocycles. The molecular weight excluding hydrogens is 202 g/mol. The van der Waals surface area contributed by atoms with Crippen molar-refractivity contribution >= 4 is 15.5 Å². The van der Waals surface area contributed by atoms with Crippen molar-refractivity contribution in [3.05, 3.63) is 29.8 Å². The lowest BCUT2D eigenvalue weighted by Gasteiger charge is -2.01. The van der Waals surface area contributed by atoms with Crippen molar-refractivity contribution in [3.63, 3.8) is 0 Å². The van der Waals surface area contributed by atoms with Gasteiger partial charge in [-0.2, -0.15) is 0 Å². The maximum atomic E-state index is 11.1. The molecule has 0 spiro atoms. The number of benzene rings is 1. The second kappa shape index (κ2) is 3.89. The van der Waals surface area contributed by atoms with E-state index in [4.69, 9.17) is 10.5 Å². The van der Waals surface area contributed by atoms with Gasteiger partial charge in [-0.15, -0.1) is 0 Å². The number of sulfone groups is 1. The van der Waals surface area contributed by atoms with Crippen LogP contribution in [0.3, 0.4) is 0 Å². The summed E-state index contributed by atoms with van der Waals surface area (Å²) in [4.78, 5) is 0.215. The van der Waals surface area contributed by atoms with Crippen LogP contribution in [0.25, 0.3) is 0 Å². The largest absolute Gasteiger partial charge is 0.390 e. The lowest BCUT2D eigenvalue weighted by atomic mass is 10.1. The quantitative estimate of drug-likeness (QED) is 0.715. The van der Waals surface area contributed by atoms with Crippen molar-refractivity contribution in [1.29, 1.82) is 5.41 Å². The summed E-state index contributed by atoms with van der Waals surface area (Å²) in [6.45, 7) is -0.349. The van der Waals surface area contributed by atoms with Crippen molar-refractivity contribution in [3.8, 4) is 0 Å². The normalized spacial score (nSPS) is 11.3. The van der Waals surface area contributed by atoms with Gasteiger partial charge in [0.15, 0.2) is 9.84 Å². The Morgan fingerprint density at radius 3 is 2.21 bits per heavy atom. The van der Waals surface area contributed by atoms with E-state index in [9.17, 15) is 8.42 Å². The van der Waals surface area contributed by atoms with Gasteiger partial charge in [0.2, 0.25) is 0 Å². The molecule has 4 nitrogen and oxygen atoms in total. The Balaban J connectivity index is 3.07. The molecule has 1 rings (SSSR count). The first-order valence-corrected chi connectivity index (χ1v) is 5.83. The summed E-state index contributed by atoms with van der Waals surface area (Å²) in [5.74, 6) is 0. The van der Waals surface area contributed by atoms with Crippen molar-refractivity contribution in [2.24, 2.45) is 0 Å². The zero-order valence-corrected chi connectivity index (χ0v) is 8.50. The fourth-order valence-corrected chi connectivity index (χ4v) is 1.63. The van der Waals surface area contributed by atoms with Crippen LogP contribution < -0.4 is 0 Å². The van der Waals surface area contributed by atoms with Crippen LogP contribution in [0.2, 0.25) is 0 Å². The minimum atomic E-state index is -3.18. The molecule has 0 aromatic heterocycles. The van der Waals surface area contributed by atoms with Gasteiger partial charge >= 0.3 is 0 Å². The fourth-order valence-electron chi connectivity index (χ4n) is 0.995. The summed E-state index contributed by atoms with van der Waals surface area (Å²) in [6.07, 6.45) is 1.12. The van der Waals surface area contributed by atoms with Gasteiger partial charge in [0.25, 0.3) is 0 Å². The van der Waals surface area contributed by atoms with Crippen molar-refractivity contribution < 1.29 is 13.5 Å². The Morgan fingerprint density at radius 1 is 1.36 bits per heavy atom. The highest BCUT2D eigenvalue weighted by molar-refractivity contribution is 7.90. The van der Waals surface area contributed by atoms with E-state index < -0.39 is 9.84 Å². The van der Waals surface area contributed by atoms with Crippen LogP contribution in [-0.4, -0.2) is 32.1 Å². The molecule has 0 aliphatic carbocycles. The smallest absolute Gasteiger partial charge is 0.175 e. The standard InChI is InChI=1S/C9H11NO3S/c1-14(12,13)8-4-2-7(3-5-8)9(10)6-11/h2-5,10-11H,6H2,1H3. The first kappa shape index (κ1) is 10.9. The van der Waals surface area contributed by atoms with Crippen LogP contribution in [0.4, 0.5) is 0 Å². The molecule has 76 valence electrons. The molecular formula is C9H11NO3S. The molecule has 0 atom stereocenters. The van der Waals surface area contributed by atoms with Gasteiger partial charge in [-0.25, -0.2) is 8.42 Å². The predicted octanol–water partition coefficient (Wildman–Crippen LogP) is 0.450. The Morgan fingerprint density at radius 2 is 1.86 bits per heavy atom. The van der Waals surface area contributed by atoms with Gasteiger partial charge in [0.1, 0.15) is 0 Å². The summed E-state index contributed by atoms with van der Waals surface area (Å²) in [5.41, 5.74) is 0.602. The zero-order valence-electron chi connectivity index (χ0n) is 7.69. The third-order valence-corrected chi connectivity index (χ3v) is 2.92. The number of aliphatic hydroxyl groups is 1. The Hall–Kier alpha value is -1.20. The molecule has 5 heteroatoms. The highest BCUT2D eigenvalue weighted by Gasteiger charge is 2.07. The molecule has 0 radical (unpaired) electrons. The summed E-state index contributed by atoms with van der Waals surface area (Å²) in [5, 5.41) is 16.0. The molecule has 0 amide bonds. The molecule has 14 heavy (non-hydrogen) atoms. The summed E-state index contributed by atoms with van der Waals surface area (Å²) >= 11 is 0. The molecule has 0 heterocycles. The van der Waals surface area contributed by atoms with E-state index in [1.807, 2.05) is 0 Å². The summed E-state index contributed by atoms with van der Waals surface area (Å²) in [6, 6.07) is 5.87. The van der Waals surface area contributed by atoms with Gasteiger partial charge in [0.05, 0.1) is 17.2 Å². The summed E-state index contributed by atoms with van der Waals surface area (Å²) < 4.78 is 22.2. The second-order valence-corrected chi connectivity index (χ2v) is 4.95. The molecule has 2 N–H and O–H groups in total. The molecule has 0 unspecified atom stereocenters. The van der Waals surface area contributed by atoms with E-state index in [1.54, 1.807) is 0 Å². The molecule has 0 fully saturated rings. The molecule has 0 aliphatic rings. The number of nitrogens with one attached hydrogen (secondary N) is 1. The van der Waals surface area contributed by atoms with Crippen molar-refractivity contribution in [2.45, 2.75) is 4.90 Å². The van der Waals surface area contributed by atoms with Crippen LogP contribution in [0.15, 0.2) is 29.2 Å². The molecule has 0 bridgehead atoms. The lowest BCUT2D eigenvalue weighted by molar-refractivity contribution is 0.357. The fraction of sp³-hybridized carbons (Fsp3) is 0.222. The third kappa shape index (κ3) is 2.40. The van der Waals surface area contributed by atoms with Crippen LogP contribution in [0, 0.1) is 5.41 Å². The highest BCUT2D eigenvalue weighted by Crippen LogP contribution is 2.10. The van der Waals surface area contributed by atoms with E-state index in [2.05, 4.69) is 0 Å². The second-order valence-electron chi connectivity index (χ2n) is 2.93. The lowest BCUT2D eigenvalue weighted by Crippen LogP contribution is -2.05. The molecule has 1 aromatic rings. The summed E-state index contributed by atoms with van der Waals surface area (Å²) in [7, 11) is -3.18. The Kier molecular flexibility index (Phi) is 3.03. The maximum absolute atomic E-state index is 11.1. The van der Waals surface area contributed by atoms with Crippen LogP contribution >= 0.6 is 0 Å². The van der Waals surface area contributed by atoms with Gasteiger partial charge < -0.3 is 10.5 Å². The average Bonchev–Trinajstić information content (AvgIpc) is 2.15. The van der Waals surface area contributed by atoms with E-state index in [1.165, 1.54) is 24.3 Å². The maximum Gasteiger partial charge on any atom is 0.175 e. The van der Waals surface area contributed by atoms with E-state index >= 15 is 0 Å². The molecule has 0 saturated carbocycles. The Labute approximate surface area is 82.6 Å². The SMILES string of the molecule is CS(=O)(=O)c1ccc(C(=N)CO)cc1. The van der Waals surface area contributed by atoms with Crippen molar-refractivity contribution in [2.75, 3.05) is 12.9 Å². The van der Waals surface area contributed by atoms with Gasteiger partial charge in [0, 0.05) is 6.26 Å². The number of aliphatic hydroxyl groups excluding tert-OH is 1. The monoisotopic (exact) mass is 213 g/mol. The molecule has 0 aliphatic heterocycles. The van der Waals surface area contributed by atoms with Gasteiger partial charge in [-0.3, -0.25) is 0 Å². The van der Waals surface area contributed by atoms with E-state index in [0.717, 1.165) is 6.26 Å². The van der Waals surface area contributed by atoms with Gasteiger partial charge in [-0.1, -0.05) is 12.1 Å². The zero-order chi connectivity index (χ0) is 10.8.